The van der Waals surface area contributed by atoms with Crippen LogP contribution < -0.4 is 0 Å². The Balaban J connectivity index is 1.45. The SMILES string of the molecule is CC#CC1CCC(CCC2CCC(c3ccc(CCC)c(F)c3F)CC2)CC1. The van der Waals surface area contributed by atoms with Crippen LogP contribution in [0.2, 0.25) is 0 Å². The number of halogens is 2. The fourth-order valence-electron chi connectivity index (χ4n) is 5.42. The number of benzene rings is 1. The van der Waals surface area contributed by atoms with Crippen molar-refractivity contribution in [2.45, 2.75) is 96.8 Å². The Labute approximate surface area is 170 Å². The van der Waals surface area contributed by atoms with Crippen LogP contribution in [0.5, 0.6) is 0 Å². The fraction of sp³-hybridized carbons (Fsp3) is 0.692. The molecule has 0 saturated heterocycles. The minimum atomic E-state index is -0.607. The molecule has 2 aliphatic carbocycles. The predicted octanol–water partition coefficient (Wildman–Crippen LogP) is 7.80. The minimum Gasteiger partial charge on any atom is -0.203 e. The Morgan fingerprint density at radius 2 is 1.46 bits per heavy atom. The number of hydrogen-bond acceptors (Lipinski definition) is 0. The highest BCUT2D eigenvalue weighted by Crippen LogP contribution is 2.40. The second kappa shape index (κ2) is 10.4. The molecule has 2 aliphatic rings. The molecule has 2 fully saturated rings. The number of rotatable bonds is 6. The summed E-state index contributed by atoms with van der Waals surface area (Å²) in [7, 11) is 0. The summed E-state index contributed by atoms with van der Waals surface area (Å²) in [6.45, 7) is 3.94. The Morgan fingerprint density at radius 3 is 2.04 bits per heavy atom. The van der Waals surface area contributed by atoms with Crippen molar-refractivity contribution in [2.75, 3.05) is 0 Å². The quantitative estimate of drug-likeness (QED) is 0.437. The maximum atomic E-state index is 14.6. The van der Waals surface area contributed by atoms with Crippen LogP contribution in [-0.4, -0.2) is 0 Å². The van der Waals surface area contributed by atoms with Crippen molar-refractivity contribution in [1.82, 2.24) is 0 Å². The topological polar surface area (TPSA) is 0 Å². The second-order valence-electron chi connectivity index (χ2n) is 9.10. The van der Waals surface area contributed by atoms with Gasteiger partial charge in [0.1, 0.15) is 0 Å². The largest absolute Gasteiger partial charge is 0.203 e. The third kappa shape index (κ3) is 5.37. The zero-order chi connectivity index (χ0) is 19.9. The fourth-order valence-corrected chi connectivity index (χ4v) is 5.42. The van der Waals surface area contributed by atoms with E-state index < -0.39 is 11.6 Å². The normalized spacial score (nSPS) is 27.9. The minimum absolute atomic E-state index is 0.199. The van der Waals surface area contributed by atoms with Gasteiger partial charge in [-0.25, -0.2) is 8.78 Å². The molecule has 2 heteroatoms. The average Bonchev–Trinajstić information content (AvgIpc) is 2.72. The van der Waals surface area contributed by atoms with Crippen molar-refractivity contribution in [2.24, 2.45) is 17.8 Å². The Kier molecular flexibility index (Phi) is 7.95. The summed E-state index contributed by atoms with van der Waals surface area (Å²) in [5.74, 6) is 7.71. The summed E-state index contributed by atoms with van der Waals surface area (Å²) in [5.41, 5.74) is 1.14. The average molecular weight is 387 g/mol. The Hall–Kier alpha value is -1.36. The lowest BCUT2D eigenvalue weighted by Gasteiger charge is -2.31. The molecule has 0 amide bonds. The second-order valence-corrected chi connectivity index (χ2v) is 9.10. The van der Waals surface area contributed by atoms with E-state index in [1.54, 1.807) is 0 Å². The van der Waals surface area contributed by atoms with Crippen LogP contribution in [0.3, 0.4) is 0 Å². The van der Waals surface area contributed by atoms with Crippen LogP contribution in [0.4, 0.5) is 8.78 Å². The highest BCUT2D eigenvalue weighted by atomic mass is 19.2. The van der Waals surface area contributed by atoms with Crippen molar-refractivity contribution >= 4 is 0 Å². The smallest absolute Gasteiger partial charge is 0.162 e. The molecule has 0 heterocycles. The molecule has 0 unspecified atom stereocenters. The summed E-state index contributed by atoms with van der Waals surface area (Å²) in [6.07, 6.45) is 13.7. The Bertz CT molecular complexity index is 680. The molecule has 28 heavy (non-hydrogen) atoms. The van der Waals surface area contributed by atoms with Crippen LogP contribution in [0.1, 0.15) is 102 Å². The monoisotopic (exact) mass is 386 g/mol. The molecule has 1 aromatic rings. The third-order valence-electron chi connectivity index (χ3n) is 7.18. The molecule has 0 aliphatic heterocycles. The van der Waals surface area contributed by atoms with E-state index in [9.17, 15) is 8.78 Å². The molecule has 0 bridgehead atoms. The molecule has 154 valence electrons. The number of aryl methyl sites for hydroxylation is 1. The van der Waals surface area contributed by atoms with Gasteiger partial charge in [0.25, 0.3) is 0 Å². The first-order valence-corrected chi connectivity index (χ1v) is 11.5. The summed E-state index contributed by atoms with van der Waals surface area (Å²) < 4.78 is 28.9. The first kappa shape index (κ1) is 21.4. The molecular weight excluding hydrogens is 350 g/mol. The van der Waals surface area contributed by atoms with Gasteiger partial charge >= 0.3 is 0 Å². The zero-order valence-corrected chi connectivity index (χ0v) is 17.7. The van der Waals surface area contributed by atoms with Crippen molar-refractivity contribution in [3.8, 4) is 11.8 Å². The lowest BCUT2D eigenvalue weighted by Crippen LogP contribution is -2.18. The predicted molar refractivity (Wildman–Crippen MR) is 113 cm³/mol. The van der Waals surface area contributed by atoms with Gasteiger partial charge in [-0.1, -0.05) is 38.3 Å². The molecule has 3 rings (SSSR count). The summed E-state index contributed by atoms with van der Waals surface area (Å²) >= 11 is 0. The first-order valence-electron chi connectivity index (χ1n) is 11.5. The van der Waals surface area contributed by atoms with Gasteiger partial charge in [-0.05, 0) is 93.6 Å². The molecule has 0 atom stereocenters. The van der Waals surface area contributed by atoms with E-state index in [1.807, 2.05) is 26.0 Å². The van der Waals surface area contributed by atoms with E-state index in [1.165, 1.54) is 51.4 Å². The maximum absolute atomic E-state index is 14.6. The van der Waals surface area contributed by atoms with E-state index >= 15 is 0 Å². The van der Waals surface area contributed by atoms with Crippen molar-refractivity contribution in [3.05, 3.63) is 34.9 Å². The van der Waals surface area contributed by atoms with Crippen LogP contribution in [0, 0.1) is 41.2 Å². The zero-order valence-electron chi connectivity index (χ0n) is 17.7. The van der Waals surface area contributed by atoms with Gasteiger partial charge in [0.15, 0.2) is 11.6 Å². The lowest BCUT2D eigenvalue weighted by molar-refractivity contribution is 0.247. The first-order chi connectivity index (χ1) is 13.6. The highest BCUT2D eigenvalue weighted by Gasteiger charge is 2.27. The highest BCUT2D eigenvalue weighted by molar-refractivity contribution is 5.29. The van der Waals surface area contributed by atoms with Crippen LogP contribution in [-0.2, 0) is 6.42 Å². The summed E-state index contributed by atoms with van der Waals surface area (Å²) in [6, 6.07) is 3.66. The van der Waals surface area contributed by atoms with Crippen LogP contribution in [0.15, 0.2) is 12.1 Å². The molecular formula is C26H36F2. The van der Waals surface area contributed by atoms with E-state index in [2.05, 4.69) is 11.8 Å². The number of hydrogen-bond donors (Lipinski definition) is 0. The van der Waals surface area contributed by atoms with E-state index in [4.69, 9.17) is 0 Å². The summed E-state index contributed by atoms with van der Waals surface area (Å²) in [4.78, 5) is 0. The standard InChI is InChI=1S/C26H36F2/c1-3-5-19-7-9-20(10-8-19)11-12-21-13-15-22(16-14-21)24-18-17-23(6-4-2)25(27)26(24)28/h17-22H,4,6-16H2,1-2H3. The molecule has 0 spiro atoms. The van der Waals surface area contributed by atoms with Gasteiger partial charge in [-0.2, -0.15) is 0 Å². The van der Waals surface area contributed by atoms with Crippen LogP contribution in [0.25, 0.3) is 0 Å². The van der Waals surface area contributed by atoms with Gasteiger partial charge in [0.2, 0.25) is 0 Å². The van der Waals surface area contributed by atoms with Gasteiger partial charge in [-0.15, -0.1) is 11.8 Å². The molecule has 0 aromatic heterocycles. The molecule has 0 nitrogen and oxygen atoms in total. The van der Waals surface area contributed by atoms with E-state index in [0.29, 0.717) is 23.5 Å². The van der Waals surface area contributed by atoms with Crippen LogP contribution >= 0.6 is 0 Å². The lowest BCUT2D eigenvalue weighted by atomic mass is 9.74. The third-order valence-corrected chi connectivity index (χ3v) is 7.18. The Morgan fingerprint density at radius 1 is 0.857 bits per heavy atom. The van der Waals surface area contributed by atoms with Gasteiger partial charge in [0.05, 0.1) is 0 Å². The maximum Gasteiger partial charge on any atom is 0.162 e. The van der Waals surface area contributed by atoms with Gasteiger partial charge < -0.3 is 0 Å². The van der Waals surface area contributed by atoms with Gasteiger partial charge in [-0.3, -0.25) is 0 Å². The van der Waals surface area contributed by atoms with Gasteiger partial charge in [0, 0.05) is 5.92 Å². The van der Waals surface area contributed by atoms with Crippen molar-refractivity contribution in [1.29, 1.82) is 0 Å². The summed E-state index contributed by atoms with van der Waals surface area (Å²) in [5, 5.41) is 0. The molecule has 2 saturated carbocycles. The van der Waals surface area contributed by atoms with E-state index in [0.717, 1.165) is 31.1 Å². The van der Waals surface area contributed by atoms with Crippen molar-refractivity contribution in [3.63, 3.8) is 0 Å². The molecule has 0 radical (unpaired) electrons. The molecule has 0 N–H and O–H groups in total. The molecule has 1 aromatic carbocycles. The van der Waals surface area contributed by atoms with Crippen molar-refractivity contribution < 1.29 is 8.78 Å². The van der Waals surface area contributed by atoms with E-state index in [-0.39, 0.29) is 5.92 Å².